The number of hydrogen-bond donors (Lipinski definition) is 0. The minimum Gasteiger partial charge on any atom is -0.341 e. The molecule has 0 bridgehead atoms. The molecule has 0 atom stereocenters. The zero-order valence-corrected chi connectivity index (χ0v) is 12.7. The molecule has 2 aromatic rings. The molecule has 0 spiro atoms. The van der Waals surface area contributed by atoms with E-state index in [0.29, 0.717) is 6.54 Å². The minimum absolute atomic E-state index is 0.0730. The predicted molar refractivity (Wildman–Crippen MR) is 85.3 cm³/mol. The number of nitrogens with zero attached hydrogens (tertiary/aromatic N) is 2. The number of likely N-dealkylation sites (N-methyl/N-ethyl adjacent to an activating group) is 1. The summed E-state index contributed by atoms with van der Waals surface area (Å²) in [5, 5.41) is 0. The lowest BCUT2D eigenvalue weighted by Crippen LogP contribution is -2.29. The molecule has 1 aromatic heterocycles. The van der Waals surface area contributed by atoms with E-state index in [1.54, 1.807) is 11.1 Å². The van der Waals surface area contributed by atoms with Gasteiger partial charge < -0.3 is 4.90 Å². The predicted octanol–water partition coefficient (Wildman–Crippen LogP) is 3.35. The second kappa shape index (κ2) is 7.58. The molecule has 0 aliphatic carbocycles. The summed E-state index contributed by atoms with van der Waals surface area (Å²) in [5.74, 6) is 0.0730. The Kier molecular flexibility index (Phi) is 5.50. The lowest BCUT2D eigenvalue weighted by molar-refractivity contribution is 0.0796. The molecule has 0 saturated heterocycles. The first-order chi connectivity index (χ1) is 10.2. The number of aryl methyl sites for hydroxylation is 1. The van der Waals surface area contributed by atoms with Gasteiger partial charge in [0.2, 0.25) is 0 Å². The third-order valence-electron chi connectivity index (χ3n) is 3.49. The molecule has 3 heteroatoms. The lowest BCUT2D eigenvalue weighted by atomic mass is 10.1. The molecule has 110 valence electrons. The highest BCUT2D eigenvalue weighted by Crippen LogP contribution is 2.10. The van der Waals surface area contributed by atoms with Crippen LogP contribution in [0.4, 0.5) is 0 Å². The van der Waals surface area contributed by atoms with Crippen molar-refractivity contribution in [2.75, 3.05) is 13.6 Å². The van der Waals surface area contributed by atoms with Crippen molar-refractivity contribution in [3.8, 4) is 0 Å². The molecule has 0 aliphatic rings. The van der Waals surface area contributed by atoms with E-state index in [9.17, 15) is 4.79 Å². The molecule has 3 nitrogen and oxygen atoms in total. The van der Waals surface area contributed by atoms with E-state index in [1.165, 1.54) is 5.56 Å². The molecule has 0 fully saturated rings. The topological polar surface area (TPSA) is 33.2 Å². The van der Waals surface area contributed by atoms with Crippen molar-refractivity contribution in [2.24, 2.45) is 0 Å². The van der Waals surface area contributed by atoms with E-state index in [-0.39, 0.29) is 5.91 Å². The van der Waals surface area contributed by atoms with E-state index in [4.69, 9.17) is 0 Å². The molecule has 2 rings (SSSR count). The molecule has 0 radical (unpaired) electrons. The molecule has 0 unspecified atom stereocenters. The molecule has 0 aliphatic heterocycles. The second-order valence-electron chi connectivity index (χ2n) is 5.25. The lowest BCUT2D eigenvalue weighted by Gasteiger charge is -2.17. The quantitative estimate of drug-likeness (QED) is 0.814. The average Bonchev–Trinajstić information content (AvgIpc) is 2.53. The van der Waals surface area contributed by atoms with Crippen LogP contribution in [0.15, 0.2) is 48.7 Å². The first-order valence-corrected chi connectivity index (χ1v) is 7.45. The summed E-state index contributed by atoms with van der Waals surface area (Å²) >= 11 is 0. The van der Waals surface area contributed by atoms with Gasteiger partial charge in [-0.3, -0.25) is 9.78 Å². The van der Waals surface area contributed by atoms with Gasteiger partial charge >= 0.3 is 0 Å². The molecular formula is C18H22N2O. The van der Waals surface area contributed by atoms with E-state index in [1.807, 2.05) is 43.4 Å². The maximum Gasteiger partial charge on any atom is 0.253 e. The van der Waals surface area contributed by atoms with Gasteiger partial charge in [-0.2, -0.15) is 0 Å². The Labute approximate surface area is 126 Å². The fraction of sp³-hybridized carbons (Fsp3) is 0.333. The highest BCUT2D eigenvalue weighted by molar-refractivity contribution is 5.94. The van der Waals surface area contributed by atoms with Gasteiger partial charge in [0.15, 0.2) is 0 Å². The number of rotatable bonds is 6. The maximum absolute atomic E-state index is 12.4. The fourth-order valence-electron chi connectivity index (χ4n) is 2.30. The molecule has 21 heavy (non-hydrogen) atoms. The van der Waals surface area contributed by atoms with Crippen molar-refractivity contribution in [1.82, 2.24) is 9.88 Å². The van der Waals surface area contributed by atoms with Crippen LogP contribution in [0.2, 0.25) is 0 Å². The number of carbonyl (C=O) groups excluding carboxylic acids is 1. The number of carbonyl (C=O) groups is 1. The average molecular weight is 282 g/mol. The van der Waals surface area contributed by atoms with Gasteiger partial charge in [-0.1, -0.05) is 31.5 Å². The largest absolute Gasteiger partial charge is 0.341 e. The zero-order chi connectivity index (χ0) is 15.1. The smallest absolute Gasteiger partial charge is 0.253 e. The minimum atomic E-state index is 0.0730. The number of amides is 1. The third kappa shape index (κ3) is 4.42. The zero-order valence-electron chi connectivity index (χ0n) is 12.7. The molecule has 0 saturated carbocycles. The van der Waals surface area contributed by atoms with E-state index < -0.39 is 0 Å². The van der Waals surface area contributed by atoms with Crippen molar-refractivity contribution < 1.29 is 4.79 Å². The summed E-state index contributed by atoms with van der Waals surface area (Å²) in [7, 11) is 1.85. The Bertz CT molecular complexity index is 581. The van der Waals surface area contributed by atoms with Crippen LogP contribution < -0.4 is 0 Å². The van der Waals surface area contributed by atoms with Crippen molar-refractivity contribution in [2.45, 2.75) is 26.2 Å². The summed E-state index contributed by atoms with van der Waals surface area (Å²) in [6, 6.07) is 13.8. The summed E-state index contributed by atoms with van der Waals surface area (Å²) in [4.78, 5) is 18.5. The molecule has 1 amide bonds. The molecular weight excluding hydrogens is 260 g/mol. The molecule has 1 heterocycles. The Hall–Kier alpha value is -2.16. The Balaban J connectivity index is 1.97. The van der Waals surface area contributed by atoms with E-state index >= 15 is 0 Å². The Morgan fingerprint density at radius 2 is 2.00 bits per heavy atom. The number of pyridine rings is 1. The van der Waals surface area contributed by atoms with Crippen LogP contribution in [0, 0.1) is 0 Å². The summed E-state index contributed by atoms with van der Waals surface area (Å²) < 4.78 is 0. The van der Waals surface area contributed by atoms with E-state index in [2.05, 4.69) is 18.0 Å². The van der Waals surface area contributed by atoms with E-state index in [0.717, 1.165) is 30.5 Å². The Morgan fingerprint density at radius 1 is 1.14 bits per heavy atom. The van der Waals surface area contributed by atoms with Crippen LogP contribution in [0.5, 0.6) is 0 Å². The monoisotopic (exact) mass is 282 g/mol. The maximum atomic E-state index is 12.4. The Morgan fingerprint density at radius 3 is 2.71 bits per heavy atom. The third-order valence-corrected chi connectivity index (χ3v) is 3.49. The number of hydrogen-bond acceptors (Lipinski definition) is 2. The van der Waals surface area contributed by atoms with Crippen LogP contribution in [0.3, 0.4) is 0 Å². The van der Waals surface area contributed by atoms with Crippen LogP contribution in [-0.2, 0) is 12.8 Å². The number of aromatic nitrogens is 1. The van der Waals surface area contributed by atoms with Gasteiger partial charge in [0.25, 0.3) is 5.91 Å². The van der Waals surface area contributed by atoms with Gasteiger partial charge in [-0.25, -0.2) is 0 Å². The van der Waals surface area contributed by atoms with Crippen molar-refractivity contribution in [3.63, 3.8) is 0 Å². The first kappa shape index (κ1) is 15.2. The number of benzene rings is 1. The molecule has 0 N–H and O–H groups in total. The highest BCUT2D eigenvalue weighted by Gasteiger charge is 2.12. The summed E-state index contributed by atoms with van der Waals surface area (Å²) in [6.45, 7) is 2.82. The van der Waals surface area contributed by atoms with Crippen LogP contribution in [-0.4, -0.2) is 29.4 Å². The van der Waals surface area contributed by atoms with Gasteiger partial charge in [0.05, 0.1) is 0 Å². The van der Waals surface area contributed by atoms with Crippen LogP contribution in [0.1, 0.15) is 35.0 Å². The van der Waals surface area contributed by atoms with Gasteiger partial charge in [0, 0.05) is 37.5 Å². The first-order valence-electron chi connectivity index (χ1n) is 7.45. The SMILES string of the molecule is CCCc1cccc(C(=O)N(C)CCc2ccccn2)c1. The van der Waals surface area contributed by atoms with Gasteiger partial charge in [-0.05, 0) is 36.2 Å². The van der Waals surface area contributed by atoms with Crippen molar-refractivity contribution in [3.05, 3.63) is 65.5 Å². The normalized spacial score (nSPS) is 10.4. The van der Waals surface area contributed by atoms with Crippen LogP contribution in [0.25, 0.3) is 0 Å². The fourth-order valence-corrected chi connectivity index (χ4v) is 2.30. The van der Waals surface area contributed by atoms with Crippen molar-refractivity contribution >= 4 is 5.91 Å². The van der Waals surface area contributed by atoms with Gasteiger partial charge in [-0.15, -0.1) is 0 Å². The second-order valence-corrected chi connectivity index (χ2v) is 5.25. The van der Waals surface area contributed by atoms with Crippen LogP contribution >= 0.6 is 0 Å². The summed E-state index contributed by atoms with van der Waals surface area (Å²) in [5.41, 5.74) is 3.00. The standard InChI is InChI=1S/C18H22N2O/c1-3-7-15-8-6-9-16(14-15)18(21)20(2)13-11-17-10-4-5-12-19-17/h4-6,8-10,12,14H,3,7,11,13H2,1-2H3. The van der Waals surface area contributed by atoms with Gasteiger partial charge in [0.1, 0.15) is 0 Å². The highest BCUT2D eigenvalue weighted by atomic mass is 16.2. The summed E-state index contributed by atoms with van der Waals surface area (Å²) in [6.07, 6.45) is 4.66. The van der Waals surface area contributed by atoms with Crippen molar-refractivity contribution in [1.29, 1.82) is 0 Å². The molecule has 1 aromatic carbocycles.